The summed E-state index contributed by atoms with van der Waals surface area (Å²) in [6, 6.07) is 10.8. The van der Waals surface area contributed by atoms with E-state index in [1.807, 2.05) is 0 Å². The molecular formula is C20H19F3N2O3. The van der Waals surface area contributed by atoms with Crippen LogP contribution in [0.25, 0.3) is 0 Å². The molecule has 0 saturated heterocycles. The van der Waals surface area contributed by atoms with Crippen molar-refractivity contribution in [1.82, 2.24) is 5.32 Å². The van der Waals surface area contributed by atoms with Crippen molar-refractivity contribution < 1.29 is 27.5 Å². The van der Waals surface area contributed by atoms with Gasteiger partial charge in [0.05, 0.1) is 16.8 Å². The Kier molecular flexibility index (Phi) is 6.81. The van der Waals surface area contributed by atoms with Gasteiger partial charge in [-0.15, -0.1) is 6.58 Å². The van der Waals surface area contributed by atoms with E-state index < -0.39 is 29.7 Å². The number of carbonyl (C=O) groups excluding carboxylic acids is 2. The fourth-order valence-corrected chi connectivity index (χ4v) is 2.29. The first-order valence-electron chi connectivity index (χ1n) is 8.35. The van der Waals surface area contributed by atoms with Crippen molar-refractivity contribution in [2.75, 3.05) is 11.9 Å². The number of para-hydroxylation sites is 1. The molecule has 0 heterocycles. The number of hydrogen-bond acceptors (Lipinski definition) is 4. The Balaban J connectivity index is 2.18. The molecule has 0 saturated carbocycles. The fourth-order valence-electron chi connectivity index (χ4n) is 2.29. The fraction of sp³-hybridized carbons (Fsp3) is 0.200. The van der Waals surface area contributed by atoms with Crippen molar-refractivity contribution in [2.45, 2.75) is 19.2 Å². The number of benzene rings is 2. The normalized spacial score (nSPS) is 12.0. The lowest BCUT2D eigenvalue weighted by Crippen LogP contribution is -2.35. The van der Waals surface area contributed by atoms with Crippen LogP contribution in [0.5, 0.6) is 0 Å². The number of anilines is 2. The summed E-state index contributed by atoms with van der Waals surface area (Å²) in [7, 11) is 0. The molecule has 1 atom stereocenters. The molecule has 2 aromatic carbocycles. The number of esters is 1. The van der Waals surface area contributed by atoms with Gasteiger partial charge in [-0.3, -0.25) is 4.79 Å². The molecule has 2 rings (SSSR count). The zero-order valence-corrected chi connectivity index (χ0v) is 15.0. The first-order valence-corrected chi connectivity index (χ1v) is 8.35. The van der Waals surface area contributed by atoms with E-state index in [0.29, 0.717) is 0 Å². The van der Waals surface area contributed by atoms with Gasteiger partial charge >= 0.3 is 12.1 Å². The summed E-state index contributed by atoms with van der Waals surface area (Å²) >= 11 is 0. The molecule has 28 heavy (non-hydrogen) atoms. The maximum Gasteiger partial charge on any atom is 0.416 e. The van der Waals surface area contributed by atoms with Gasteiger partial charge in [-0.05, 0) is 37.3 Å². The predicted molar refractivity (Wildman–Crippen MR) is 99.3 cm³/mol. The van der Waals surface area contributed by atoms with E-state index in [2.05, 4.69) is 17.2 Å². The summed E-state index contributed by atoms with van der Waals surface area (Å²) in [5, 5.41) is 5.30. The number of hydrogen-bond donors (Lipinski definition) is 2. The van der Waals surface area contributed by atoms with Crippen LogP contribution in [0.4, 0.5) is 24.5 Å². The summed E-state index contributed by atoms with van der Waals surface area (Å²) in [6.45, 7) is 5.12. The lowest BCUT2D eigenvalue weighted by atomic mass is 10.1. The largest absolute Gasteiger partial charge is 0.449 e. The Morgan fingerprint density at radius 3 is 2.57 bits per heavy atom. The molecule has 1 amide bonds. The van der Waals surface area contributed by atoms with Gasteiger partial charge in [0.2, 0.25) is 0 Å². The van der Waals surface area contributed by atoms with E-state index in [9.17, 15) is 22.8 Å². The molecule has 8 heteroatoms. The molecule has 0 fully saturated rings. The number of nitrogens with one attached hydrogen (secondary N) is 2. The monoisotopic (exact) mass is 392 g/mol. The van der Waals surface area contributed by atoms with Gasteiger partial charge in [-0.2, -0.15) is 13.2 Å². The number of ether oxygens (including phenoxy) is 1. The zero-order chi connectivity index (χ0) is 20.7. The quantitative estimate of drug-likeness (QED) is 0.545. The van der Waals surface area contributed by atoms with Gasteiger partial charge < -0.3 is 15.4 Å². The maximum atomic E-state index is 12.9. The van der Waals surface area contributed by atoms with Crippen molar-refractivity contribution in [2.24, 2.45) is 0 Å². The Bertz CT molecular complexity index is 866. The molecule has 0 aromatic heterocycles. The highest BCUT2D eigenvalue weighted by Gasteiger charge is 2.30. The third-order valence-electron chi connectivity index (χ3n) is 3.69. The van der Waals surface area contributed by atoms with Crippen molar-refractivity contribution in [3.05, 3.63) is 72.3 Å². The van der Waals surface area contributed by atoms with Crippen molar-refractivity contribution in [3.63, 3.8) is 0 Å². The number of amides is 1. The molecule has 2 aromatic rings. The van der Waals surface area contributed by atoms with Crippen LogP contribution in [0.15, 0.2) is 61.2 Å². The summed E-state index contributed by atoms with van der Waals surface area (Å²) in [6.07, 6.45) is -4.04. The maximum absolute atomic E-state index is 12.9. The summed E-state index contributed by atoms with van der Waals surface area (Å²) < 4.78 is 43.8. The minimum atomic E-state index is -4.48. The highest BCUT2D eigenvalue weighted by atomic mass is 19.4. The molecule has 0 spiro atoms. The summed E-state index contributed by atoms with van der Waals surface area (Å²) in [5.74, 6) is -1.27. The van der Waals surface area contributed by atoms with E-state index in [1.165, 1.54) is 37.3 Å². The molecule has 0 aliphatic heterocycles. The standard InChI is InChI=1S/C20H19F3N2O3/c1-3-11-24-18(26)13(2)28-19(27)16-9-4-5-10-17(16)25-15-8-6-7-14(12-15)20(21,22)23/h3-10,12-13,25H,1,11H2,2H3,(H,24,26). The van der Waals surface area contributed by atoms with Crippen LogP contribution in [0.2, 0.25) is 0 Å². The van der Waals surface area contributed by atoms with Gasteiger partial charge in [0.1, 0.15) is 0 Å². The van der Waals surface area contributed by atoms with Crippen LogP contribution in [-0.4, -0.2) is 24.5 Å². The molecule has 5 nitrogen and oxygen atoms in total. The average Bonchev–Trinajstić information content (AvgIpc) is 2.66. The number of carbonyl (C=O) groups is 2. The third-order valence-corrected chi connectivity index (χ3v) is 3.69. The van der Waals surface area contributed by atoms with Crippen LogP contribution in [0.3, 0.4) is 0 Å². The molecule has 0 aliphatic carbocycles. The minimum Gasteiger partial charge on any atom is -0.449 e. The summed E-state index contributed by atoms with van der Waals surface area (Å²) in [4.78, 5) is 24.2. The topological polar surface area (TPSA) is 67.4 Å². The van der Waals surface area contributed by atoms with E-state index in [1.54, 1.807) is 12.1 Å². The third kappa shape index (κ3) is 5.60. The number of halogens is 3. The van der Waals surface area contributed by atoms with E-state index in [-0.39, 0.29) is 23.5 Å². The first kappa shape index (κ1) is 21.0. The second kappa shape index (κ2) is 9.07. The second-order valence-electron chi connectivity index (χ2n) is 5.83. The van der Waals surface area contributed by atoms with Crippen LogP contribution < -0.4 is 10.6 Å². The van der Waals surface area contributed by atoms with E-state index in [0.717, 1.165) is 12.1 Å². The molecule has 0 aliphatic rings. The lowest BCUT2D eigenvalue weighted by Gasteiger charge is -2.16. The highest BCUT2D eigenvalue weighted by molar-refractivity contribution is 5.98. The second-order valence-corrected chi connectivity index (χ2v) is 5.83. The Morgan fingerprint density at radius 2 is 1.89 bits per heavy atom. The van der Waals surface area contributed by atoms with E-state index >= 15 is 0 Å². The molecular weight excluding hydrogens is 373 g/mol. The first-order chi connectivity index (χ1) is 13.2. The summed E-state index contributed by atoms with van der Waals surface area (Å²) in [5.41, 5.74) is -0.314. The Morgan fingerprint density at radius 1 is 1.18 bits per heavy atom. The zero-order valence-electron chi connectivity index (χ0n) is 15.0. The lowest BCUT2D eigenvalue weighted by molar-refractivity contribution is -0.137. The van der Waals surface area contributed by atoms with Gasteiger partial charge in [-0.1, -0.05) is 24.3 Å². The molecule has 0 bridgehead atoms. The molecule has 0 radical (unpaired) electrons. The SMILES string of the molecule is C=CCNC(=O)C(C)OC(=O)c1ccccc1Nc1cccc(C(F)(F)F)c1. The van der Waals surface area contributed by atoms with Crippen LogP contribution in [0, 0.1) is 0 Å². The van der Waals surface area contributed by atoms with Crippen LogP contribution in [0.1, 0.15) is 22.8 Å². The highest BCUT2D eigenvalue weighted by Crippen LogP contribution is 2.32. The van der Waals surface area contributed by atoms with Crippen molar-refractivity contribution >= 4 is 23.3 Å². The average molecular weight is 392 g/mol. The van der Waals surface area contributed by atoms with Gasteiger partial charge in [0.15, 0.2) is 6.10 Å². The number of rotatable bonds is 7. The van der Waals surface area contributed by atoms with Crippen LogP contribution in [-0.2, 0) is 15.7 Å². The van der Waals surface area contributed by atoms with Crippen molar-refractivity contribution in [3.8, 4) is 0 Å². The predicted octanol–water partition coefficient (Wildman–Crippen LogP) is 4.30. The molecule has 148 valence electrons. The molecule has 2 N–H and O–H groups in total. The smallest absolute Gasteiger partial charge is 0.416 e. The Labute approximate surface area is 160 Å². The van der Waals surface area contributed by atoms with Gasteiger partial charge in [0.25, 0.3) is 5.91 Å². The van der Waals surface area contributed by atoms with E-state index in [4.69, 9.17) is 4.74 Å². The van der Waals surface area contributed by atoms with Gasteiger partial charge in [0, 0.05) is 12.2 Å². The molecule has 1 unspecified atom stereocenters. The number of alkyl halides is 3. The Hall–Kier alpha value is -3.29. The minimum absolute atomic E-state index is 0.0864. The van der Waals surface area contributed by atoms with Crippen molar-refractivity contribution in [1.29, 1.82) is 0 Å². The van der Waals surface area contributed by atoms with Gasteiger partial charge in [-0.25, -0.2) is 4.79 Å². The van der Waals surface area contributed by atoms with Crippen LogP contribution >= 0.6 is 0 Å².